The first-order valence-electron chi connectivity index (χ1n) is 21.4. The quantitative estimate of drug-likeness (QED) is 0.178. The molecule has 328 valence electrons. The number of fused-ring (bicyclic) bond motifs is 3. The summed E-state index contributed by atoms with van der Waals surface area (Å²) in [5.41, 5.74) is 1.65. The molecule has 3 N–H and O–H groups in total. The van der Waals surface area contributed by atoms with Crippen LogP contribution in [0.2, 0.25) is 0 Å². The molecule has 0 radical (unpaired) electrons. The van der Waals surface area contributed by atoms with Gasteiger partial charge in [0, 0.05) is 58.5 Å². The normalized spacial score (nSPS) is 39.8. The molecule has 58 heavy (non-hydrogen) atoms. The lowest BCUT2D eigenvalue weighted by atomic mass is 9.81. The van der Waals surface area contributed by atoms with Crippen molar-refractivity contribution in [2.45, 2.75) is 166 Å². The molecule has 3 aliphatic heterocycles. The van der Waals surface area contributed by atoms with Crippen molar-refractivity contribution in [3.05, 3.63) is 36.0 Å². The highest BCUT2D eigenvalue weighted by Crippen LogP contribution is 2.39. The number of aliphatic hydroxyl groups excluding tert-OH is 2. The number of carbonyl (C=O) groups excluding carboxylic acids is 4. The second kappa shape index (κ2) is 21.7. The summed E-state index contributed by atoms with van der Waals surface area (Å²) in [7, 11) is 4.70. The van der Waals surface area contributed by atoms with E-state index in [1.807, 2.05) is 26.0 Å². The van der Waals surface area contributed by atoms with Crippen molar-refractivity contribution < 1.29 is 58.2 Å². The molecule has 0 aromatic carbocycles. The van der Waals surface area contributed by atoms with Crippen LogP contribution in [-0.2, 0) is 42.9 Å². The second-order valence-corrected chi connectivity index (χ2v) is 17.7. The fourth-order valence-electron chi connectivity index (χ4n) is 9.60. The van der Waals surface area contributed by atoms with Crippen molar-refractivity contribution in [3.8, 4) is 0 Å². The van der Waals surface area contributed by atoms with Crippen LogP contribution in [0.3, 0.4) is 0 Å². The summed E-state index contributed by atoms with van der Waals surface area (Å²) in [6.07, 6.45) is 6.02. The molecule has 0 aromatic heterocycles. The van der Waals surface area contributed by atoms with Gasteiger partial charge in [-0.1, -0.05) is 44.6 Å². The number of allylic oxidation sites excluding steroid dienone is 4. The van der Waals surface area contributed by atoms with E-state index in [9.17, 15) is 34.5 Å². The zero-order valence-electron chi connectivity index (χ0n) is 36.1. The van der Waals surface area contributed by atoms with Crippen molar-refractivity contribution in [3.63, 3.8) is 0 Å². The van der Waals surface area contributed by atoms with Gasteiger partial charge in [-0.3, -0.25) is 14.4 Å². The van der Waals surface area contributed by atoms with Crippen LogP contribution < -0.4 is 0 Å². The monoisotopic (exact) mass is 817 g/mol. The Morgan fingerprint density at radius 2 is 1.64 bits per heavy atom. The Hall–Kier alpha value is -2.78. The molecule has 1 amide bonds. The van der Waals surface area contributed by atoms with Crippen molar-refractivity contribution in [2.24, 2.45) is 29.6 Å². The van der Waals surface area contributed by atoms with Gasteiger partial charge >= 0.3 is 5.97 Å². The number of methoxy groups -OCH3 is 3. The summed E-state index contributed by atoms with van der Waals surface area (Å²) >= 11 is 0. The minimum Gasteiger partial charge on any atom is -0.456 e. The van der Waals surface area contributed by atoms with Crippen molar-refractivity contribution in [1.82, 2.24) is 4.90 Å². The number of cyclic esters (lactones) is 1. The number of hydrogen-bond acceptors (Lipinski definition) is 12. The van der Waals surface area contributed by atoms with E-state index in [1.165, 1.54) is 4.90 Å². The summed E-state index contributed by atoms with van der Waals surface area (Å²) < 4.78 is 29.7. The highest BCUT2D eigenvalue weighted by atomic mass is 16.7. The number of ketones is 2. The van der Waals surface area contributed by atoms with Gasteiger partial charge in [0.15, 0.2) is 0 Å². The molecule has 0 spiro atoms. The van der Waals surface area contributed by atoms with E-state index in [4.69, 9.17) is 23.7 Å². The first kappa shape index (κ1) is 47.9. The van der Waals surface area contributed by atoms with Crippen LogP contribution in [0.4, 0.5) is 0 Å². The fourth-order valence-corrected chi connectivity index (χ4v) is 9.60. The van der Waals surface area contributed by atoms with Gasteiger partial charge in [0.2, 0.25) is 5.79 Å². The first-order valence-corrected chi connectivity index (χ1v) is 21.4. The van der Waals surface area contributed by atoms with Crippen LogP contribution in [0.15, 0.2) is 36.0 Å². The lowest BCUT2D eigenvalue weighted by Crippen LogP contribution is -2.63. The Morgan fingerprint density at radius 1 is 0.931 bits per heavy atom. The van der Waals surface area contributed by atoms with Crippen LogP contribution in [0, 0.1) is 29.6 Å². The zero-order valence-corrected chi connectivity index (χ0v) is 36.1. The van der Waals surface area contributed by atoms with Crippen LogP contribution in [0.5, 0.6) is 0 Å². The maximum Gasteiger partial charge on any atom is 0.329 e. The van der Waals surface area contributed by atoms with Crippen LogP contribution in [-0.4, -0.2) is 126 Å². The average Bonchev–Trinajstić information content (AvgIpc) is 3.19. The minimum atomic E-state index is -2.47. The van der Waals surface area contributed by atoms with E-state index in [-0.39, 0.29) is 62.1 Å². The van der Waals surface area contributed by atoms with Crippen LogP contribution >= 0.6 is 0 Å². The molecule has 14 atom stereocenters. The van der Waals surface area contributed by atoms with E-state index >= 15 is 0 Å². The smallest absolute Gasteiger partial charge is 0.329 e. The molecular formula is C45H71NO12. The summed E-state index contributed by atoms with van der Waals surface area (Å²) in [5, 5.41) is 34.1. The predicted octanol–water partition coefficient (Wildman–Crippen LogP) is 5.03. The average molecular weight is 818 g/mol. The number of Topliss-reactive ketones (excluding diaryl/α,β-unsaturated/α-hetero) is 2. The lowest BCUT2D eigenvalue weighted by molar-refractivity contribution is -0.289. The number of rotatable bonds is 7. The van der Waals surface area contributed by atoms with Gasteiger partial charge in [-0.25, -0.2) is 4.79 Å². The van der Waals surface area contributed by atoms with E-state index in [2.05, 4.69) is 13.5 Å². The number of nitrogens with zero attached hydrogens (tertiary/aromatic N) is 1. The van der Waals surface area contributed by atoms with Gasteiger partial charge in [-0.2, -0.15) is 0 Å². The molecule has 0 unspecified atom stereocenters. The third kappa shape index (κ3) is 11.7. The Labute approximate surface area is 345 Å². The number of hydrogen-bond donors (Lipinski definition) is 3. The summed E-state index contributed by atoms with van der Waals surface area (Å²) in [6, 6.07) is -1.14. The molecule has 1 aliphatic carbocycles. The van der Waals surface area contributed by atoms with Gasteiger partial charge < -0.3 is 43.9 Å². The third-order valence-corrected chi connectivity index (χ3v) is 13.1. The summed E-state index contributed by atoms with van der Waals surface area (Å²) in [5.74, 6) is -7.53. The van der Waals surface area contributed by atoms with E-state index in [0.29, 0.717) is 56.9 Å². The number of ether oxygens (including phenoxy) is 5. The van der Waals surface area contributed by atoms with Crippen molar-refractivity contribution >= 4 is 23.4 Å². The maximum absolute atomic E-state index is 14.3. The Balaban J connectivity index is 1.76. The van der Waals surface area contributed by atoms with E-state index in [0.717, 1.165) is 5.57 Å². The fraction of sp³-hybridized carbons (Fsp3) is 0.778. The Bertz CT molecular complexity index is 1500. The number of aliphatic hydroxyl groups is 3. The molecule has 1 saturated carbocycles. The second-order valence-electron chi connectivity index (χ2n) is 17.7. The Morgan fingerprint density at radius 3 is 2.29 bits per heavy atom. The van der Waals surface area contributed by atoms with Gasteiger partial charge in [0.1, 0.15) is 17.9 Å². The molecule has 13 nitrogen and oxygen atoms in total. The topological polar surface area (TPSA) is 178 Å². The lowest BCUT2D eigenvalue weighted by Gasteiger charge is -2.45. The maximum atomic E-state index is 14.3. The molecule has 4 aliphatic rings. The molecule has 3 fully saturated rings. The standard InChI is InChI=1S/C45H71NO12/c1-10-13-32-19-26(2)18-27(3)20-33(54-7)24-40-39(56-9)22-29(5)45(53,58-40)42(50)43(51)46-17-12-11-14-34(46)44(52)57-41(30(6)36(48)25-37(32)49)28(4)21-31-15-16-35(47)38(23-31)55-8/h10,19,21,27,29-36,38-41,47-48,53H,1,11-18,20,22-25H2,2-9H3/t27-,29+,30+,31-,32+,33-,34-,35+,36-,38+,39-,40+,41+,45+/m0/s1. The number of carbonyl (C=O) groups is 4. The van der Waals surface area contributed by atoms with Crippen molar-refractivity contribution in [1.29, 1.82) is 0 Å². The SMILES string of the molecule is C=CC[C@@H]1C=C(C)C[C@H](C)C[C@H](OC)C[C@H]2O[C@@](O)(C(=O)C(=O)N3CCCC[C@H]3C(=O)O[C@H](C(C)=C[C@@H]3CC[C@@H](O)[C@H](OC)C3)[C@H](C)[C@@H](O)CC1=O)[C@H](C)C[C@@H]2OC. The van der Waals surface area contributed by atoms with Gasteiger partial charge in [0.05, 0.1) is 36.6 Å². The predicted molar refractivity (Wildman–Crippen MR) is 217 cm³/mol. The summed E-state index contributed by atoms with van der Waals surface area (Å²) in [6.45, 7) is 13.2. The summed E-state index contributed by atoms with van der Waals surface area (Å²) in [4.78, 5) is 57.8. The van der Waals surface area contributed by atoms with Crippen LogP contribution in [0.1, 0.15) is 112 Å². The van der Waals surface area contributed by atoms with Gasteiger partial charge in [-0.05, 0) is 95.5 Å². The molecule has 3 heterocycles. The Kier molecular flexibility index (Phi) is 17.9. The van der Waals surface area contributed by atoms with Gasteiger partial charge in [0.25, 0.3) is 11.7 Å². The highest BCUT2D eigenvalue weighted by molar-refractivity contribution is 6.39. The van der Waals surface area contributed by atoms with E-state index < -0.39 is 77.8 Å². The first-order chi connectivity index (χ1) is 27.5. The molecule has 4 rings (SSSR count). The number of esters is 1. The molecular weight excluding hydrogens is 746 g/mol. The zero-order chi connectivity index (χ0) is 42.9. The molecule has 2 bridgehead atoms. The minimum absolute atomic E-state index is 0.0100. The van der Waals surface area contributed by atoms with Crippen LogP contribution in [0.25, 0.3) is 0 Å². The highest BCUT2D eigenvalue weighted by Gasteiger charge is 2.55. The molecule has 0 aromatic rings. The molecule has 2 saturated heterocycles. The third-order valence-electron chi connectivity index (χ3n) is 13.1. The van der Waals surface area contributed by atoms with Gasteiger partial charge in [-0.15, -0.1) is 6.58 Å². The number of piperidine rings is 1. The molecule has 13 heteroatoms. The number of amides is 1. The largest absolute Gasteiger partial charge is 0.456 e. The van der Waals surface area contributed by atoms with Crippen molar-refractivity contribution in [2.75, 3.05) is 27.9 Å². The van der Waals surface area contributed by atoms with E-state index in [1.54, 1.807) is 41.3 Å².